The third kappa shape index (κ3) is 4.50. The minimum Gasteiger partial charge on any atom is -0.319 e. The highest BCUT2D eigenvalue weighted by atomic mass is 79.9. The summed E-state index contributed by atoms with van der Waals surface area (Å²) in [6.45, 7) is 2.06. The summed E-state index contributed by atoms with van der Waals surface area (Å²) in [7, 11) is 0. The number of alkyl halides is 3. The molecule has 0 saturated heterocycles. The van der Waals surface area contributed by atoms with E-state index in [0.717, 1.165) is 11.6 Å². The van der Waals surface area contributed by atoms with E-state index in [-0.39, 0.29) is 22.3 Å². The second-order valence-corrected chi connectivity index (χ2v) is 8.01. The van der Waals surface area contributed by atoms with Crippen LogP contribution >= 0.6 is 15.9 Å². The first-order chi connectivity index (χ1) is 15.1. The van der Waals surface area contributed by atoms with Gasteiger partial charge in [0.2, 0.25) is 0 Å². The zero-order valence-corrected chi connectivity index (χ0v) is 18.1. The van der Waals surface area contributed by atoms with Crippen molar-refractivity contribution in [3.8, 4) is 0 Å². The van der Waals surface area contributed by atoms with E-state index in [1.165, 1.54) is 24.4 Å². The van der Waals surface area contributed by atoms with Gasteiger partial charge >= 0.3 is 6.18 Å². The summed E-state index contributed by atoms with van der Waals surface area (Å²) in [5.41, 5.74) is 0.492. The van der Waals surface area contributed by atoms with Gasteiger partial charge in [0.25, 0.3) is 5.91 Å². The molecular formula is C22H15BrF4N4O. The molecule has 164 valence electrons. The van der Waals surface area contributed by atoms with Crippen molar-refractivity contribution >= 4 is 38.4 Å². The van der Waals surface area contributed by atoms with Crippen LogP contribution < -0.4 is 5.32 Å². The Balaban J connectivity index is 1.66. The first-order valence-electron chi connectivity index (χ1n) is 9.37. The summed E-state index contributed by atoms with van der Waals surface area (Å²) in [6.07, 6.45) is -3.28. The lowest BCUT2D eigenvalue weighted by atomic mass is 10.1. The van der Waals surface area contributed by atoms with Crippen LogP contribution in [0.1, 0.15) is 27.3 Å². The Morgan fingerprint density at radius 1 is 1.12 bits per heavy atom. The van der Waals surface area contributed by atoms with Crippen LogP contribution in [0.25, 0.3) is 10.9 Å². The Morgan fingerprint density at radius 2 is 1.84 bits per heavy atom. The molecule has 4 rings (SSSR count). The zero-order chi connectivity index (χ0) is 23.0. The van der Waals surface area contributed by atoms with Gasteiger partial charge < -0.3 is 5.32 Å². The number of carbonyl (C=O) groups excluding carboxylic acids is 1. The second-order valence-electron chi connectivity index (χ2n) is 7.10. The molecule has 0 bridgehead atoms. The minimum atomic E-state index is -4.70. The molecule has 0 fully saturated rings. The molecule has 2 heterocycles. The smallest absolute Gasteiger partial charge is 0.319 e. The fourth-order valence-electron chi connectivity index (χ4n) is 3.21. The lowest BCUT2D eigenvalue weighted by molar-refractivity contribution is -0.140. The number of pyridine rings is 1. The molecule has 0 unspecified atom stereocenters. The number of hydrogen-bond acceptors (Lipinski definition) is 3. The van der Waals surface area contributed by atoms with Gasteiger partial charge in [0.1, 0.15) is 11.5 Å². The lowest BCUT2D eigenvalue weighted by Crippen LogP contribution is -2.16. The van der Waals surface area contributed by atoms with Gasteiger partial charge in [-0.3, -0.25) is 9.48 Å². The van der Waals surface area contributed by atoms with E-state index in [2.05, 4.69) is 31.3 Å². The number of aromatic nitrogens is 3. The first kappa shape index (κ1) is 21.9. The molecule has 5 nitrogen and oxygen atoms in total. The minimum absolute atomic E-state index is 0.0527. The molecule has 2 aromatic heterocycles. The normalized spacial score (nSPS) is 11.7. The average Bonchev–Trinajstić information content (AvgIpc) is 3.07. The SMILES string of the molecule is Cc1c(NC(=O)c2cc(C(F)(F)F)nc3ccc(Br)cc23)cnn1Cc1ccc(F)cc1. The maximum Gasteiger partial charge on any atom is 0.433 e. The van der Waals surface area contributed by atoms with Gasteiger partial charge in [-0.1, -0.05) is 28.1 Å². The molecule has 0 aliphatic carbocycles. The Bertz CT molecular complexity index is 1320. The van der Waals surface area contributed by atoms with Crippen LogP contribution in [-0.2, 0) is 12.7 Å². The maximum absolute atomic E-state index is 13.3. The number of nitrogens with one attached hydrogen (secondary N) is 1. The van der Waals surface area contributed by atoms with E-state index in [4.69, 9.17) is 0 Å². The van der Waals surface area contributed by atoms with Gasteiger partial charge in [-0.15, -0.1) is 0 Å². The first-order valence-corrected chi connectivity index (χ1v) is 10.2. The number of carbonyl (C=O) groups is 1. The quantitative estimate of drug-likeness (QED) is 0.347. The highest BCUT2D eigenvalue weighted by Gasteiger charge is 2.34. The fourth-order valence-corrected chi connectivity index (χ4v) is 3.57. The highest BCUT2D eigenvalue weighted by molar-refractivity contribution is 9.10. The van der Waals surface area contributed by atoms with Crippen molar-refractivity contribution in [1.29, 1.82) is 0 Å². The van der Waals surface area contributed by atoms with E-state index in [0.29, 0.717) is 22.4 Å². The molecule has 0 radical (unpaired) electrons. The van der Waals surface area contributed by atoms with Gasteiger partial charge in [0.15, 0.2) is 0 Å². The van der Waals surface area contributed by atoms with Crippen LogP contribution in [0.2, 0.25) is 0 Å². The molecule has 10 heteroatoms. The molecule has 0 aliphatic heterocycles. The number of halogens is 5. The van der Waals surface area contributed by atoms with E-state index >= 15 is 0 Å². The Hall–Kier alpha value is -3.27. The fraction of sp³-hybridized carbons (Fsp3) is 0.136. The largest absolute Gasteiger partial charge is 0.433 e. The Kier molecular flexibility index (Phi) is 5.72. The van der Waals surface area contributed by atoms with Crippen LogP contribution in [0.15, 0.2) is 59.2 Å². The summed E-state index contributed by atoms with van der Waals surface area (Å²) in [5, 5.41) is 7.14. The van der Waals surface area contributed by atoms with Gasteiger partial charge in [0, 0.05) is 9.86 Å². The lowest BCUT2D eigenvalue weighted by Gasteiger charge is -2.12. The van der Waals surface area contributed by atoms with Crippen LogP contribution in [0.3, 0.4) is 0 Å². The molecular weight excluding hydrogens is 492 g/mol. The third-order valence-electron chi connectivity index (χ3n) is 4.90. The number of fused-ring (bicyclic) bond motifs is 1. The molecule has 32 heavy (non-hydrogen) atoms. The van der Waals surface area contributed by atoms with Gasteiger partial charge in [0.05, 0.1) is 35.2 Å². The van der Waals surface area contributed by atoms with Crippen molar-refractivity contribution in [2.75, 3.05) is 5.32 Å². The van der Waals surface area contributed by atoms with Crippen molar-refractivity contribution in [1.82, 2.24) is 14.8 Å². The van der Waals surface area contributed by atoms with Crippen molar-refractivity contribution in [3.05, 3.63) is 87.5 Å². The Morgan fingerprint density at radius 3 is 2.53 bits per heavy atom. The summed E-state index contributed by atoms with van der Waals surface area (Å²) < 4.78 is 55.3. The molecule has 0 atom stereocenters. The van der Waals surface area contributed by atoms with Crippen molar-refractivity contribution in [2.45, 2.75) is 19.6 Å². The highest BCUT2D eigenvalue weighted by Crippen LogP contribution is 2.32. The number of hydrogen-bond donors (Lipinski definition) is 1. The molecule has 1 amide bonds. The van der Waals surface area contributed by atoms with Gasteiger partial charge in [-0.25, -0.2) is 9.37 Å². The van der Waals surface area contributed by atoms with Crippen LogP contribution in [0.5, 0.6) is 0 Å². The molecule has 0 spiro atoms. The Labute approximate surface area is 188 Å². The summed E-state index contributed by atoms with van der Waals surface area (Å²) in [4.78, 5) is 16.6. The topological polar surface area (TPSA) is 59.8 Å². The van der Waals surface area contributed by atoms with Crippen molar-refractivity contribution in [3.63, 3.8) is 0 Å². The van der Waals surface area contributed by atoms with Crippen molar-refractivity contribution in [2.24, 2.45) is 0 Å². The molecule has 0 aliphatic rings. The maximum atomic E-state index is 13.3. The van der Waals surface area contributed by atoms with Crippen molar-refractivity contribution < 1.29 is 22.4 Å². The number of anilines is 1. The summed E-state index contributed by atoms with van der Waals surface area (Å²) >= 11 is 3.27. The number of rotatable bonds is 4. The second kappa shape index (κ2) is 8.34. The molecule has 1 N–H and O–H groups in total. The third-order valence-corrected chi connectivity index (χ3v) is 5.40. The van der Waals surface area contributed by atoms with E-state index in [1.807, 2.05) is 0 Å². The molecule has 2 aromatic carbocycles. The van der Waals surface area contributed by atoms with Gasteiger partial charge in [-0.05, 0) is 48.9 Å². The molecule has 4 aromatic rings. The number of benzene rings is 2. The predicted octanol–water partition coefficient (Wildman–Crippen LogP) is 5.96. The zero-order valence-electron chi connectivity index (χ0n) is 16.5. The van der Waals surface area contributed by atoms with Crippen LogP contribution in [-0.4, -0.2) is 20.7 Å². The van der Waals surface area contributed by atoms with Crippen LogP contribution in [0.4, 0.5) is 23.2 Å². The standard InChI is InChI=1S/C22H15BrF4N4O/c1-12-19(10-28-31(12)11-13-2-5-15(24)6-3-13)30-21(32)17-9-20(22(25,26)27)29-18-7-4-14(23)8-16(17)18/h2-10H,11H2,1H3,(H,30,32). The summed E-state index contributed by atoms with van der Waals surface area (Å²) in [5.74, 6) is -1.07. The molecule has 0 saturated carbocycles. The monoisotopic (exact) mass is 506 g/mol. The number of amides is 1. The van der Waals surface area contributed by atoms with E-state index in [1.54, 1.807) is 35.9 Å². The van der Waals surface area contributed by atoms with E-state index < -0.39 is 17.8 Å². The van der Waals surface area contributed by atoms with Crippen LogP contribution in [0, 0.1) is 12.7 Å². The number of nitrogens with zero attached hydrogens (tertiary/aromatic N) is 3. The van der Waals surface area contributed by atoms with E-state index in [9.17, 15) is 22.4 Å². The predicted molar refractivity (Wildman–Crippen MR) is 115 cm³/mol. The average molecular weight is 507 g/mol. The van der Waals surface area contributed by atoms with Gasteiger partial charge in [-0.2, -0.15) is 18.3 Å². The summed E-state index contributed by atoms with van der Waals surface area (Å²) in [6, 6.07) is 11.2.